The van der Waals surface area contributed by atoms with E-state index in [9.17, 15) is 4.79 Å². The molecule has 0 fully saturated rings. The van der Waals surface area contributed by atoms with Crippen LogP contribution in [0.15, 0.2) is 60.7 Å². The first-order valence-corrected chi connectivity index (χ1v) is 11.0. The van der Waals surface area contributed by atoms with Gasteiger partial charge in [0.1, 0.15) is 5.01 Å². The monoisotopic (exact) mass is 491 g/mol. The number of amides is 1. The van der Waals surface area contributed by atoms with Crippen LogP contribution in [0.5, 0.6) is 0 Å². The van der Waals surface area contributed by atoms with Gasteiger partial charge in [-0.05, 0) is 48.6 Å². The smallest absolute Gasteiger partial charge is 0.258 e. The molecule has 1 amide bonds. The highest BCUT2D eigenvalue weighted by molar-refractivity contribution is 7.80. The zero-order valence-electron chi connectivity index (χ0n) is 15.1. The first kappa shape index (κ1) is 21.0. The topological polar surface area (TPSA) is 54.0 Å². The molecule has 1 aromatic heterocycles. The highest BCUT2D eigenvalue weighted by Crippen LogP contribution is 2.38. The summed E-state index contributed by atoms with van der Waals surface area (Å²) in [6.07, 6.45) is 0. The highest BCUT2D eigenvalue weighted by Gasteiger charge is 2.16. The van der Waals surface area contributed by atoms with Crippen LogP contribution in [0.25, 0.3) is 20.8 Å². The maximum absolute atomic E-state index is 12.4. The van der Waals surface area contributed by atoms with Crippen molar-refractivity contribution in [3.8, 4) is 10.6 Å². The van der Waals surface area contributed by atoms with Crippen molar-refractivity contribution in [3.05, 3.63) is 81.3 Å². The average Bonchev–Trinajstić information content (AvgIpc) is 3.14. The van der Waals surface area contributed by atoms with Crippen LogP contribution in [0.4, 0.5) is 5.69 Å². The number of aromatic nitrogens is 1. The predicted octanol–water partition coefficient (Wildman–Crippen LogP) is 7.05. The van der Waals surface area contributed by atoms with E-state index in [0.717, 1.165) is 15.2 Å². The second-order valence-corrected chi connectivity index (χ2v) is 8.85. The minimum absolute atomic E-state index is 0.0828. The summed E-state index contributed by atoms with van der Waals surface area (Å²) in [5.41, 5.74) is 2.42. The van der Waals surface area contributed by atoms with E-state index >= 15 is 0 Å². The number of benzene rings is 3. The molecule has 4 nitrogen and oxygen atoms in total. The van der Waals surface area contributed by atoms with Crippen molar-refractivity contribution >= 4 is 85.3 Å². The van der Waals surface area contributed by atoms with Crippen molar-refractivity contribution in [2.24, 2.45) is 0 Å². The molecule has 0 atom stereocenters. The Balaban J connectivity index is 1.58. The molecule has 30 heavy (non-hydrogen) atoms. The summed E-state index contributed by atoms with van der Waals surface area (Å²) in [6, 6.07) is 17.9. The van der Waals surface area contributed by atoms with Crippen molar-refractivity contribution < 1.29 is 4.79 Å². The van der Waals surface area contributed by atoms with E-state index in [1.54, 1.807) is 36.4 Å². The average molecular weight is 493 g/mol. The number of hydrogen-bond donors (Lipinski definition) is 2. The summed E-state index contributed by atoms with van der Waals surface area (Å²) >= 11 is 25.6. The lowest BCUT2D eigenvalue weighted by Crippen LogP contribution is -2.34. The summed E-state index contributed by atoms with van der Waals surface area (Å²) in [7, 11) is 0. The number of hydrogen-bond acceptors (Lipinski definition) is 4. The van der Waals surface area contributed by atoms with E-state index in [2.05, 4.69) is 15.6 Å². The second kappa shape index (κ2) is 8.88. The summed E-state index contributed by atoms with van der Waals surface area (Å²) in [5, 5.41) is 7.55. The van der Waals surface area contributed by atoms with Crippen molar-refractivity contribution in [1.29, 1.82) is 0 Å². The third-order valence-electron chi connectivity index (χ3n) is 4.17. The number of rotatable bonds is 3. The van der Waals surface area contributed by atoms with Gasteiger partial charge in [0.15, 0.2) is 5.11 Å². The maximum Gasteiger partial charge on any atom is 0.258 e. The third kappa shape index (κ3) is 4.43. The molecule has 0 aliphatic heterocycles. The molecule has 0 unspecified atom stereocenters. The van der Waals surface area contributed by atoms with Crippen LogP contribution in [0, 0.1) is 0 Å². The molecule has 0 aliphatic rings. The van der Waals surface area contributed by atoms with E-state index < -0.39 is 5.91 Å². The zero-order valence-corrected chi connectivity index (χ0v) is 19.0. The van der Waals surface area contributed by atoms with Crippen LogP contribution in [0.2, 0.25) is 15.1 Å². The lowest BCUT2D eigenvalue weighted by molar-refractivity contribution is 0.0978. The van der Waals surface area contributed by atoms with Gasteiger partial charge in [0.2, 0.25) is 0 Å². The summed E-state index contributed by atoms with van der Waals surface area (Å²) in [6.45, 7) is 0. The Kier molecular flexibility index (Phi) is 6.22. The van der Waals surface area contributed by atoms with Crippen LogP contribution in [-0.2, 0) is 0 Å². The van der Waals surface area contributed by atoms with E-state index in [0.29, 0.717) is 31.9 Å². The Morgan fingerprint density at radius 2 is 1.67 bits per heavy atom. The molecule has 3 aromatic carbocycles. The molecule has 0 aliphatic carbocycles. The second-order valence-electron chi connectivity index (χ2n) is 6.19. The zero-order chi connectivity index (χ0) is 21.3. The van der Waals surface area contributed by atoms with Gasteiger partial charge in [-0.15, -0.1) is 11.3 Å². The van der Waals surface area contributed by atoms with Crippen LogP contribution in [0.3, 0.4) is 0 Å². The molecule has 0 spiro atoms. The van der Waals surface area contributed by atoms with Crippen molar-refractivity contribution in [1.82, 2.24) is 10.3 Å². The van der Waals surface area contributed by atoms with Gasteiger partial charge in [-0.1, -0.05) is 59.1 Å². The third-order valence-corrected chi connectivity index (χ3v) is 6.40. The molecule has 1 heterocycles. The Morgan fingerprint density at radius 1 is 0.933 bits per heavy atom. The highest BCUT2D eigenvalue weighted by atomic mass is 35.5. The minimum Gasteiger partial charge on any atom is -0.331 e. The van der Waals surface area contributed by atoms with E-state index in [4.69, 9.17) is 47.0 Å². The molecule has 4 aromatic rings. The fourth-order valence-electron chi connectivity index (χ4n) is 2.77. The molecule has 0 saturated carbocycles. The van der Waals surface area contributed by atoms with Gasteiger partial charge in [0, 0.05) is 5.56 Å². The minimum atomic E-state index is -0.422. The number of fused-ring (bicyclic) bond motifs is 1. The van der Waals surface area contributed by atoms with Gasteiger partial charge in [-0.2, -0.15) is 0 Å². The number of anilines is 1. The number of nitrogens with zero attached hydrogens (tertiary/aromatic N) is 1. The molecule has 0 saturated heterocycles. The van der Waals surface area contributed by atoms with Crippen LogP contribution < -0.4 is 10.6 Å². The maximum atomic E-state index is 12.4. The predicted molar refractivity (Wildman–Crippen MR) is 130 cm³/mol. The Bertz CT molecular complexity index is 1260. The van der Waals surface area contributed by atoms with Gasteiger partial charge < -0.3 is 5.32 Å². The number of halogens is 3. The molecule has 4 rings (SSSR count). The summed E-state index contributed by atoms with van der Waals surface area (Å²) in [5.74, 6) is -0.422. The first-order chi connectivity index (χ1) is 14.4. The van der Waals surface area contributed by atoms with E-state index in [1.165, 1.54) is 11.3 Å². The van der Waals surface area contributed by atoms with Crippen LogP contribution >= 0.6 is 58.4 Å². The molecule has 0 bridgehead atoms. The number of carbonyl (C=O) groups excluding carboxylic acids is 1. The number of nitrogens with one attached hydrogen (secondary N) is 2. The van der Waals surface area contributed by atoms with Crippen LogP contribution in [-0.4, -0.2) is 16.0 Å². The number of thiocarbonyl (C=S) groups is 1. The standard InChI is InChI=1S/C21H12Cl3N3OS2/c22-13-6-2-1-5-11(13)19(28)27-21(29)26-17-9-12(14(23)10-15(17)24)20-25-16-7-3-4-8-18(16)30-20/h1-10H,(H2,26,27,28,29). The summed E-state index contributed by atoms with van der Waals surface area (Å²) in [4.78, 5) is 17.0. The first-order valence-electron chi connectivity index (χ1n) is 8.64. The molecule has 150 valence electrons. The van der Waals surface area contributed by atoms with E-state index in [-0.39, 0.29) is 5.11 Å². The summed E-state index contributed by atoms with van der Waals surface area (Å²) < 4.78 is 1.05. The molecular formula is C21H12Cl3N3OS2. The van der Waals surface area contributed by atoms with Crippen molar-refractivity contribution in [2.45, 2.75) is 0 Å². The Morgan fingerprint density at radius 3 is 2.43 bits per heavy atom. The Labute approximate surface area is 196 Å². The fourth-order valence-corrected chi connectivity index (χ4v) is 4.76. The molecule has 9 heteroatoms. The van der Waals surface area contributed by atoms with Gasteiger partial charge in [-0.25, -0.2) is 4.98 Å². The molecule has 0 radical (unpaired) electrons. The number of para-hydroxylation sites is 1. The lowest BCUT2D eigenvalue weighted by atomic mass is 10.2. The number of thiazole rings is 1. The normalized spacial score (nSPS) is 10.8. The largest absolute Gasteiger partial charge is 0.331 e. The number of carbonyl (C=O) groups is 1. The molecular weight excluding hydrogens is 481 g/mol. The fraction of sp³-hybridized carbons (Fsp3) is 0. The van der Waals surface area contributed by atoms with Gasteiger partial charge >= 0.3 is 0 Å². The van der Waals surface area contributed by atoms with E-state index in [1.807, 2.05) is 24.3 Å². The van der Waals surface area contributed by atoms with Crippen molar-refractivity contribution in [2.75, 3.05) is 5.32 Å². The SMILES string of the molecule is O=C(NC(=S)Nc1cc(-c2nc3ccccc3s2)c(Cl)cc1Cl)c1ccccc1Cl. The van der Waals surface area contributed by atoms with Gasteiger partial charge in [-0.3, -0.25) is 10.1 Å². The van der Waals surface area contributed by atoms with Gasteiger partial charge in [0.05, 0.1) is 36.5 Å². The van der Waals surface area contributed by atoms with Crippen LogP contribution in [0.1, 0.15) is 10.4 Å². The quantitative estimate of drug-likeness (QED) is 0.301. The van der Waals surface area contributed by atoms with Gasteiger partial charge in [0.25, 0.3) is 5.91 Å². The molecule has 2 N–H and O–H groups in total. The van der Waals surface area contributed by atoms with Crippen molar-refractivity contribution in [3.63, 3.8) is 0 Å². The lowest BCUT2D eigenvalue weighted by Gasteiger charge is -2.13. The Hall–Kier alpha value is -2.22.